The Morgan fingerprint density at radius 1 is 1.33 bits per heavy atom. The van der Waals surface area contributed by atoms with Crippen molar-refractivity contribution < 1.29 is 0 Å². The molecule has 0 saturated carbocycles. The largest absolute Gasteiger partial charge is 0.383 e. The van der Waals surface area contributed by atoms with Crippen LogP contribution in [0.2, 0.25) is 0 Å². The molecule has 0 atom stereocenters. The van der Waals surface area contributed by atoms with Crippen LogP contribution in [-0.2, 0) is 0 Å². The highest BCUT2D eigenvalue weighted by Crippen LogP contribution is 2.18. The van der Waals surface area contributed by atoms with Crippen LogP contribution in [0.3, 0.4) is 0 Å². The minimum Gasteiger partial charge on any atom is -0.383 e. The van der Waals surface area contributed by atoms with Crippen LogP contribution < -0.4 is 5.73 Å². The number of aromatic nitrogens is 4. The Labute approximate surface area is 91.7 Å². The van der Waals surface area contributed by atoms with E-state index in [0.29, 0.717) is 11.6 Å². The molecule has 78 valence electrons. The summed E-state index contributed by atoms with van der Waals surface area (Å²) in [6, 6.07) is 5.53. The number of thioether (sulfide) groups is 1. The fraction of sp³-hybridized carbons (Fsp3) is 0.222. The van der Waals surface area contributed by atoms with E-state index in [-0.39, 0.29) is 0 Å². The predicted molar refractivity (Wildman–Crippen MR) is 60.1 cm³/mol. The van der Waals surface area contributed by atoms with Crippen LogP contribution in [0.1, 0.15) is 5.69 Å². The second-order valence-electron chi connectivity index (χ2n) is 3.06. The summed E-state index contributed by atoms with van der Waals surface area (Å²) in [7, 11) is 0. The molecule has 5 nitrogen and oxygen atoms in total. The maximum Gasteiger partial charge on any atom is 0.178 e. The second-order valence-corrected chi connectivity index (χ2v) is 3.88. The molecule has 0 amide bonds. The van der Waals surface area contributed by atoms with Crippen molar-refractivity contribution in [3.8, 4) is 5.82 Å². The number of nitrogen functional groups attached to an aromatic ring is 1. The maximum atomic E-state index is 5.81. The number of anilines is 1. The maximum absolute atomic E-state index is 5.81. The molecular weight excluding hydrogens is 210 g/mol. The van der Waals surface area contributed by atoms with Gasteiger partial charge in [0.2, 0.25) is 0 Å². The van der Waals surface area contributed by atoms with Gasteiger partial charge in [-0.3, -0.25) is 0 Å². The average Bonchev–Trinajstić information content (AvgIpc) is 2.61. The molecule has 2 N–H and O–H groups in total. The minimum atomic E-state index is 0.567. The lowest BCUT2D eigenvalue weighted by atomic mass is 10.4. The van der Waals surface area contributed by atoms with E-state index in [1.807, 2.05) is 31.4 Å². The van der Waals surface area contributed by atoms with Crippen molar-refractivity contribution in [1.29, 1.82) is 0 Å². The number of hydrogen-bond donors (Lipinski definition) is 1. The van der Waals surface area contributed by atoms with E-state index in [1.165, 1.54) is 0 Å². The first-order valence-corrected chi connectivity index (χ1v) is 5.63. The Kier molecular flexibility index (Phi) is 2.59. The van der Waals surface area contributed by atoms with Crippen molar-refractivity contribution in [2.75, 3.05) is 12.0 Å². The van der Waals surface area contributed by atoms with Gasteiger partial charge in [-0.2, -0.15) is 14.9 Å². The van der Waals surface area contributed by atoms with Gasteiger partial charge < -0.3 is 5.73 Å². The summed E-state index contributed by atoms with van der Waals surface area (Å²) in [5, 5.41) is 13.1. The van der Waals surface area contributed by atoms with Crippen LogP contribution >= 0.6 is 11.8 Å². The Morgan fingerprint density at radius 3 is 2.67 bits per heavy atom. The van der Waals surface area contributed by atoms with E-state index in [2.05, 4.69) is 15.3 Å². The number of rotatable bonds is 2. The van der Waals surface area contributed by atoms with E-state index >= 15 is 0 Å². The van der Waals surface area contributed by atoms with Gasteiger partial charge in [0.25, 0.3) is 0 Å². The predicted octanol–water partition coefficient (Wildman–Crippen LogP) is 1.27. The van der Waals surface area contributed by atoms with Crippen molar-refractivity contribution in [2.45, 2.75) is 11.9 Å². The summed E-state index contributed by atoms with van der Waals surface area (Å²) in [6.07, 6.45) is 1.95. The molecule has 0 spiro atoms. The van der Waals surface area contributed by atoms with E-state index in [9.17, 15) is 0 Å². The summed E-state index contributed by atoms with van der Waals surface area (Å²) < 4.78 is 1.58. The van der Waals surface area contributed by atoms with Gasteiger partial charge in [0.15, 0.2) is 5.82 Å². The van der Waals surface area contributed by atoms with Gasteiger partial charge in [0.1, 0.15) is 10.8 Å². The number of nitrogens with two attached hydrogens (primary N) is 1. The van der Waals surface area contributed by atoms with E-state index in [4.69, 9.17) is 5.73 Å². The zero-order chi connectivity index (χ0) is 10.8. The third-order valence-electron chi connectivity index (χ3n) is 1.92. The first-order chi connectivity index (χ1) is 7.20. The molecule has 0 unspecified atom stereocenters. The lowest BCUT2D eigenvalue weighted by Crippen LogP contribution is -2.05. The molecule has 0 bridgehead atoms. The second kappa shape index (κ2) is 3.90. The van der Waals surface area contributed by atoms with Crippen LogP contribution in [-0.4, -0.2) is 26.2 Å². The Bertz CT molecular complexity index is 462. The Morgan fingerprint density at radius 2 is 2.13 bits per heavy atom. The summed E-state index contributed by atoms with van der Waals surface area (Å²) in [5.74, 6) is 1.20. The van der Waals surface area contributed by atoms with E-state index in [1.54, 1.807) is 16.4 Å². The fourth-order valence-electron chi connectivity index (χ4n) is 1.16. The Balaban J connectivity index is 2.44. The lowest BCUT2D eigenvalue weighted by Gasteiger charge is -2.01. The molecule has 2 aromatic rings. The highest BCUT2D eigenvalue weighted by atomic mass is 32.2. The molecule has 0 aliphatic carbocycles. The molecule has 6 heteroatoms. The van der Waals surface area contributed by atoms with Crippen LogP contribution in [0.5, 0.6) is 0 Å². The van der Waals surface area contributed by atoms with Gasteiger partial charge >= 0.3 is 0 Å². The molecule has 0 aliphatic rings. The molecule has 0 saturated heterocycles. The molecule has 0 aromatic carbocycles. The van der Waals surface area contributed by atoms with Gasteiger partial charge in [-0.1, -0.05) is 0 Å². The third-order valence-corrected chi connectivity index (χ3v) is 2.54. The highest BCUT2D eigenvalue weighted by Gasteiger charge is 2.07. The number of hydrogen-bond acceptors (Lipinski definition) is 5. The molecule has 0 aliphatic heterocycles. The molecule has 0 fully saturated rings. The molecule has 2 rings (SSSR count). The van der Waals surface area contributed by atoms with Crippen LogP contribution in [0.4, 0.5) is 5.82 Å². The van der Waals surface area contributed by atoms with Crippen LogP contribution in [0.25, 0.3) is 5.82 Å². The molecule has 0 radical (unpaired) electrons. The quantitative estimate of drug-likeness (QED) is 0.773. The van der Waals surface area contributed by atoms with E-state index < -0.39 is 0 Å². The topological polar surface area (TPSA) is 69.6 Å². The van der Waals surface area contributed by atoms with Gasteiger partial charge in [-0.15, -0.1) is 16.9 Å². The average molecular weight is 221 g/mol. The van der Waals surface area contributed by atoms with Crippen molar-refractivity contribution in [3.05, 3.63) is 23.9 Å². The fourth-order valence-corrected chi connectivity index (χ4v) is 1.56. The molecule has 2 aromatic heterocycles. The molecule has 15 heavy (non-hydrogen) atoms. The minimum absolute atomic E-state index is 0.567. The monoisotopic (exact) mass is 221 g/mol. The summed E-state index contributed by atoms with van der Waals surface area (Å²) >= 11 is 1.54. The third kappa shape index (κ3) is 1.94. The smallest absolute Gasteiger partial charge is 0.178 e. The zero-order valence-corrected chi connectivity index (χ0v) is 9.32. The SMILES string of the molecule is CSc1cc(N)n(-c2ccc(C)nn2)n1. The number of nitrogens with zero attached hydrogens (tertiary/aromatic N) is 4. The number of aryl methyl sites for hydroxylation is 1. The molecule has 2 heterocycles. The Hall–Kier alpha value is -1.56. The summed E-state index contributed by atoms with van der Waals surface area (Å²) in [6.45, 7) is 1.89. The lowest BCUT2D eigenvalue weighted by molar-refractivity contribution is 0.788. The van der Waals surface area contributed by atoms with Gasteiger partial charge in [-0.05, 0) is 25.3 Å². The van der Waals surface area contributed by atoms with Crippen LogP contribution in [0, 0.1) is 6.92 Å². The first kappa shape index (κ1) is 9.97. The summed E-state index contributed by atoms with van der Waals surface area (Å²) in [4.78, 5) is 0. The van der Waals surface area contributed by atoms with Crippen molar-refractivity contribution >= 4 is 17.6 Å². The van der Waals surface area contributed by atoms with Crippen molar-refractivity contribution in [2.24, 2.45) is 0 Å². The molecular formula is C9H11N5S. The van der Waals surface area contributed by atoms with Crippen molar-refractivity contribution in [3.63, 3.8) is 0 Å². The van der Waals surface area contributed by atoms with Gasteiger partial charge in [0, 0.05) is 6.07 Å². The normalized spacial score (nSPS) is 10.5. The summed E-state index contributed by atoms with van der Waals surface area (Å²) in [5.41, 5.74) is 6.68. The van der Waals surface area contributed by atoms with Crippen LogP contribution in [0.15, 0.2) is 23.2 Å². The highest BCUT2D eigenvalue weighted by molar-refractivity contribution is 7.98. The zero-order valence-electron chi connectivity index (χ0n) is 8.51. The standard InChI is InChI=1S/C9H11N5S/c1-6-3-4-8(12-11-6)14-7(10)5-9(13-14)15-2/h3-5H,10H2,1-2H3. The van der Waals surface area contributed by atoms with Gasteiger partial charge in [0.05, 0.1) is 5.69 Å². The van der Waals surface area contributed by atoms with E-state index in [0.717, 1.165) is 10.7 Å². The van der Waals surface area contributed by atoms with Gasteiger partial charge in [-0.25, -0.2) is 0 Å². The first-order valence-electron chi connectivity index (χ1n) is 4.41. The van der Waals surface area contributed by atoms with Crippen molar-refractivity contribution in [1.82, 2.24) is 20.0 Å².